The van der Waals surface area contributed by atoms with Crippen LogP contribution in [0, 0.1) is 0 Å². The molecule has 0 amide bonds. The number of pyridine rings is 1. The number of para-hydroxylation sites is 2. The third-order valence-electron chi connectivity index (χ3n) is 4.05. The normalized spacial score (nSPS) is 15.8. The molecule has 1 atom stereocenters. The molecule has 1 N–H and O–H groups in total. The predicted octanol–water partition coefficient (Wildman–Crippen LogP) is 3.11. The van der Waals surface area contributed by atoms with Crippen molar-refractivity contribution in [2.24, 2.45) is 0 Å². The van der Waals surface area contributed by atoms with Crippen molar-refractivity contribution in [2.75, 3.05) is 29.9 Å². The minimum atomic E-state index is -0.473. The second kappa shape index (κ2) is 5.74. The van der Waals surface area contributed by atoms with Gasteiger partial charge in [-0.15, -0.1) is 0 Å². The Hall–Kier alpha value is -2.07. The molecule has 110 valence electrons. The van der Waals surface area contributed by atoms with E-state index in [0.29, 0.717) is 6.42 Å². The van der Waals surface area contributed by atoms with Crippen LogP contribution in [0.25, 0.3) is 0 Å². The number of aromatic nitrogens is 1. The summed E-state index contributed by atoms with van der Waals surface area (Å²) in [5.74, 6) is 0. The Morgan fingerprint density at radius 1 is 1.14 bits per heavy atom. The lowest BCUT2D eigenvalue weighted by atomic mass is 10.1. The van der Waals surface area contributed by atoms with Gasteiger partial charge in [-0.25, -0.2) is 0 Å². The minimum Gasteiger partial charge on any atom is -0.387 e. The Morgan fingerprint density at radius 3 is 2.57 bits per heavy atom. The van der Waals surface area contributed by atoms with Gasteiger partial charge in [-0.1, -0.05) is 19.1 Å². The molecule has 2 aromatic rings. The molecule has 0 saturated heterocycles. The van der Waals surface area contributed by atoms with Crippen LogP contribution in [-0.4, -0.2) is 30.2 Å². The Kier molecular flexibility index (Phi) is 3.80. The largest absolute Gasteiger partial charge is 0.387 e. The number of hydrogen-bond donors (Lipinski definition) is 1. The van der Waals surface area contributed by atoms with Gasteiger partial charge < -0.3 is 14.9 Å². The lowest BCUT2D eigenvalue weighted by Gasteiger charge is -2.36. The van der Waals surface area contributed by atoms with E-state index in [9.17, 15) is 5.11 Å². The molecule has 4 heteroatoms. The van der Waals surface area contributed by atoms with Crippen molar-refractivity contribution in [2.45, 2.75) is 19.4 Å². The highest BCUT2D eigenvalue weighted by Crippen LogP contribution is 2.36. The molecule has 2 heterocycles. The summed E-state index contributed by atoms with van der Waals surface area (Å²) in [6.07, 6.45) is 2.07. The number of hydrogen-bond acceptors (Lipinski definition) is 4. The average Bonchev–Trinajstić information content (AvgIpc) is 2.55. The molecule has 3 rings (SSSR count). The molecule has 0 unspecified atom stereocenters. The molecule has 1 aliphatic heterocycles. The van der Waals surface area contributed by atoms with Crippen molar-refractivity contribution < 1.29 is 5.11 Å². The Balaban J connectivity index is 1.93. The van der Waals surface area contributed by atoms with E-state index in [2.05, 4.69) is 46.1 Å². The van der Waals surface area contributed by atoms with Gasteiger partial charge >= 0.3 is 0 Å². The van der Waals surface area contributed by atoms with Crippen LogP contribution in [0.5, 0.6) is 0 Å². The molecule has 0 bridgehead atoms. The lowest BCUT2D eigenvalue weighted by molar-refractivity contribution is 0.169. The van der Waals surface area contributed by atoms with Gasteiger partial charge in [0, 0.05) is 20.1 Å². The van der Waals surface area contributed by atoms with Gasteiger partial charge in [-0.2, -0.15) is 0 Å². The van der Waals surface area contributed by atoms with Crippen molar-refractivity contribution >= 4 is 17.1 Å². The topological polar surface area (TPSA) is 39.6 Å². The fourth-order valence-corrected chi connectivity index (χ4v) is 2.74. The number of likely N-dealkylation sites (N-methyl/N-ethyl adjacent to an activating group) is 1. The number of benzene rings is 1. The van der Waals surface area contributed by atoms with Crippen molar-refractivity contribution in [3.8, 4) is 0 Å². The summed E-state index contributed by atoms with van der Waals surface area (Å²) < 4.78 is 0. The number of aliphatic hydroxyl groups is 1. The van der Waals surface area contributed by atoms with Crippen molar-refractivity contribution in [3.05, 3.63) is 48.3 Å². The van der Waals surface area contributed by atoms with E-state index < -0.39 is 6.10 Å². The lowest BCUT2D eigenvalue weighted by Crippen LogP contribution is -2.36. The van der Waals surface area contributed by atoms with Crippen molar-refractivity contribution in [1.82, 2.24) is 4.98 Å². The van der Waals surface area contributed by atoms with E-state index in [0.717, 1.165) is 24.5 Å². The fraction of sp³-hybridized carbons (Fsp3) is 0.353. The van der Waals surface area contributed by atoms with Gasteiger partial charge in [-0.3, -0.25) is 4.98 Å². The molecule has 0 fully saturated rings. The summed E-state index contributed by atoms with van der Waals surface area (Å²) >= 11 is 0. The zero-order valence-electron chi connectivity index (χ0n) is 12.5. The van der Waals surface area contributed by atoms with E-state index in [1.165, 1.54) is 11.4 Å². The summed E-state index contributed by atoms with van der Waals surface area (Å²) in [5, 5.41) is 9.84. The van der Waals surface area contributed by atoms with E-state index in [1.807, 2.05) is 25.3 Å². The standard InChI is InChI=1S/C17H21N3O/c1-3-17(21)14-9-8-13(12-18-14)20-11-10-19(2)15-6-4-5-7-16(15)20/h4-9,12,17,21H,3,10-11H2,1-2H3/t17-/m0/s1. The summed E-state index contributed by atoms with van der Waals surface area (Å²) in [4.78, 5) is 8.97. The number of anilines is 3. The van der Waals surface area contributed by atoms with Gasteiger partial charge in [0.2, 0.25) is 0 Å². The van der Waals surface area contributed by atoms with Crippen LogP contribution in [0.15, 0.2) is 42.6 Å². The summed E-state index contributed by atoms with van der Waals surface area (Å²) in [6.45, 7) is 3.87. The number of nitrogens with zero attached hydrogens (tertiary/aromatic N) is 3. The Bertz CT molecular complexity index is 612. The molecule has 1 aromatic carbocycles. The first-order valence-corrected chi connectivity index (χ1v) is 7.42. The Labute approximate surface area is 125 Å². The summed E-state index contributed by atoms with van der Waals surface area (Å²) in [5.41, 5.74) is 4.25. The highest BCUT2D eigenvalue weighted by Gasteiger charge is 2.21. The molecule has 21 heavy (non-hydrogen) atoms. The summed E-state index contributed by atoms with van der Waals surface area (Å²) in [7, 11) is 2.12. The van der Waals surface area contributed by atoms with Crippen LogP contribution in [0.3, 0.4) is 0 Å². The quantitative estimate of drug-likeness (QED) is 0.939. The Morgan fingerprint density at radius 2 is 1.90 bits per heavy atom. The maximum absolute atomic E-state index is 9.84. The molecular weight excluding hydrogens is 262 g/mol. The zero-order chi connectivity index (χ0) is 14.8. The third kappa shape index (κ3) is 2.59. The fourth-order valence-electron chi connectivity index (χ4n) is 2.74. The zero-order valence-corrected chi connectivity index (χ0v) is 12.5. The number of aliphatic hydroxyl groups excluding tert-OH is 1. The first-order chi connectivity index (χ1) is 10.2. The smallest absolute Gasteiger partial charge is 0.0957 e. The van der Waals surface area contributed by atoms with Crippen LogP contribution >= 0.6 is 0 Å². The number of fused-ring (bicyclic) bond motifs is 1. The molecule has 0 radical (unpaired) electrons. The number of rotatable bonds is 3. The molecule has 0 spiro atoms. The molecule has 0 saturated carbocycles. The minimum absolute atomic E-state index is 0.473. The van der Waals surface area contributed by atoms with Crippen LogP contribution < -0.4 is 9.80 Å². The van der Waals surface area contributed by atoms with Gasteiger partial charge in [-0.05, 0) is 30.7 Å². The first kappa shape index (κ1) is 13.9. The van der Waals surface area contributed by atoms with Crippen LogP contribution in [0.2, 0.25) is 0 Å². The van der Waals surface area contributed by atoms with Crippen LogP contribution in [0.4, 0.5) is 17.1 Å². The maximum Gasteiger partial charge on any atom is 0.0957 e. The molecule has 1 aromatic heterocycles. The van der Waals surface area contributed by atoms with Gasteiger partial charge in [0.05, 0.1) is 35.1 Å². The van der Waals surface area contributed by atoms with Crippen LogP contribution in [0.1, 0.15) is 25.1 Å². The second-order valence-electron chi connectivity index (χ2n) is 5.43. The van der Waals surface area contributed by atoms with E-state index in [-0.39, 0.29) is 0 Å². The molecular formula is C17H21N3O. The highest BCUT2D eigenvalue weighted by atomic mass is 16.3. The van der Waals surface area contributed by atoms with Gasteiger partial charge in [0.15, 0.2) is 0 Å². The van der Waals surface area contributed by atoms with Crippen molar-refractivity contribution in [3.63, 3.8) is 0 Å². The molecule has 4 nitrogen and oxygen atoms in total. The molecule has 1 aliphatic rings. The van der Waals surface area contributed by atoms with Gasteiger partial charge in [0.1, 0.15) is 0 Å². The predicted molar refractivity (Wildman–Crippen MR) is 86.2 cm³/mol. The van der Waals surface area contributed by atoms with Crippen molar-refractivity contribution in [1.29, 1.82) is 0 Å². The van der Waals surface area contributed by atoms with E-state index in [4.69, 9.17) is 0 Å². The highest BCUT2D eigenvalue weighted by molar-refractivity contribution is 5.78. The second-order valence-corrected chi connectivity index (χ2v) is 5.43. The SMILES string of the molecule is CC[C@H](O)c1ccc(N2CCN(C)c3ccccc32)cn1. The van der Waals surface area contributed by atoms with Crippen LogP contribution in [-0.2, 0) is 0 Å². The van der Waals surface area contributed by atoms with Gasteiger partial charge in [0.25, 0.3) is 0 Å². The first-order valence-electron chi connectivity index (χ1n) is 7.42. The van der Waals surface area contributed by atoms with E-state index in [1.54, 1.807) is 0 Å². The summed E-state index contributed by atoms with van der Waals surface area (Å²) in [6, 6.07) is 12.4. The monoisotopic (exact) mass is 283 g/mol. The maximum atomic E-state index is 9.84. The van der Waals surface area contributed by atoms with E-state index >= 15 is 0 Å². The third-order valence-corrected chi connectivity index (χ3v) is 4.05. The average molecular weight is 283 g/mol. The molecule has 0 aliphatic carbocycles.